The zero-order valence-corrected chi connectivity index (χ0v) is 8.76. The van der Waals surface area contributed by atoms with Gasteiger partial charge in [0.05, 0.1) is 0 Å². The van der Waals surface area contributed by atoms with Crippen LogP contribution in [-0.2, 0) is 0 Å². The summed E-state index contributed by atoms with van der Waals surface area (Å²) in [6.07, 6.45) is 14.2. The molecule has 2 heteroatoms. The van der Waals surface area contributed by atoms with Crippen LogP contribution < -0.4 is 0 Å². The summed E-state index contributed by atoms with van der Waals surface area (Å²) in [6.45, 7) is 2.11. The van der Waals surface area contributed by atoms with E-state index >= 15 is 0 Å². The van der Waals surface area contributed by atoms with Crippen molar-refractivity contribution < 1.29 is 10.2 Å². The number of aliphatic hydroxyl groups is 2. The van der Waals surface area contributed by atoms with Crippen LogP contribution in [0.25, 0.3) is 0 Å². The first kappa shape index (κ1) is 13.1. The Morgan fingerprint density at radius 2 is 1.36 bits per heavy atom. The molecule has 0 spiro atoms. The van der Waals surface area contributed by atoms with E-state index in [-0.39, 0.29) is 0 Å². The molecule has 0 aromatic heterocycles. The van der Waals surface area contributed by atoms with Crippen LogP contribution in [0.1, 0.15) is 32.6 Å². The van der Waals surface area contributed by atoms with Gasteiger partial charge in [-0.05, 0) is 19.3 Å². The minimum Gasteiger partial charge on any atom is -0.368 e. The van der Waals surface area contributed by atoms with E-state index in [1.807, 2.05) is 6.08 Å². The third-order valence-corrected chi connectivity index (χ3v) is 1.63. The molecular formula is C12H20O2. The lowest BCUT2D eigenvalue weighted by molar-refractivity contribution is -0.0361. The van der Waals surface area contributed by atoms with Crippen LogP contribution in [-0.4, -0.2) is 16.5 Å². The van der Waals surface area contributed by atoms with Crippen molar-refractivity contribution in [3.8, 4) is 0 Å². The zero-order chi connectivity index (χ0) is 10.6. The van der Waals surface area contributed by atoms with E-state index < -0.39 is 6.29 Å². The molecule has 0 aromatic rings. The minimum absolute atomic E-state index is 0.309. The van der Waals surface area contributed by atoms with E-state index in [0.717, 1.165) is 19.3 Å². The molecule has 80 valence electrons. The van der Waals surface area contributed by atoms with Gasteiger partial charge in [0.15, 0.2) is 6.29 Å². The van der Waals surface area contributed by atoms with Crippen molar-refractivity contribution in [3.63, 3.8) is 0 Å². The summed E-state index contributed by atoms with van der Waals surface area (Å²) in [4.78, 5) is 0. The van der Waals surface area contributed by atoms with Gasteiger partial charge in [-0.25, -0.2) is 0 Å². The fourth-order valence-corrected chi connectivity index (χ4v) is 0.927. The van der Waals surface area contributed by atoms with Crippen molar-refractivity contribution >= 4 is 0 Å². The molecule has 0 saturated carbocycles. The zero-order valence-electron chi connectivity index (χ0n) is 8.76. The molecule has 0 radical (unpaired) electrons. The topological polar surface area (TPSA) is 40.5 Å². The number of hydrogen-bond acceptors (Lipinski definition) is 2. The van der Waals surface area contributed by atoms with Crippen LogP contribution in [0.2, 0.25) is 0 Å². The van der Waals surface area contributed by atoms with Crippen LogP contribution in [0.15, 0.2) is 36.5 Å². The van der Waals surface area contributed by atoms with Gasteiger partial charge in [-0.15, -0.1) is 0 Å². The summed E-state index contributed by atoms with van der Waals surface area (Å²) in [5, 5.41) is 17.1. The molecule has 0 aliphatic carbocycles. The second-order valence-electron chi connectivity index (χ2n) is 3.01. The quantitative estimate of drug-likeness (QED) is 0.485. The second kappa shape index (κ2) is 10.2. The Labute approximate surface area is 86.3 Å². The van der Waals surface area contributed by atoms with Crippen molar-refractivity contribution in [3.05, 3.63) is 36.5 Å². The van der Waals surface area contributed by atoms with E-state index in [1.54, 1.807) is 6.08 Å². The van der Waals surface area contributed by atoms with Crippen molar-refractivity contribution in [1.82, 2.24) is 0 Å². The van der Waals surface area contributed by atoms with E-state index in [1.165, 1.54) is 0 Å². The van der Waals surface area contributed by atoms with Gasteiger partial charge in [0, 0.05) is 6.42 Å². The maximum absolute atomic E-state index is 8.53. The minimum atomic E-state index is -1.22. The lowest BCUT2D eigenvalue weighted by atomic mass is 10.2. The number of rotatable bonds is 7. The van der Waals surface area contributed by atoms with Gasteiger partial charge in [0.1, 0.15) is 0 Å². The first-order valence-corrected chi connectivity index (χ1v) is 5.08. The first-order valence-electron chi connectivity index (χ1n) is 5.08. The number of hydrogen-bond donors (Lipinski definition) is 2. The largest absolute Gasteiger partial charge is 0.368 e. The Morgan fingerprint density at radius 3 is 1.86 bits per heavy atom. The molecule has 0 aliphatic heterocycles. The van der Waals surface area contributed by atoms with Crippen LogP contribution >= 0.6 is 0 Å². The highest BCUT2D eigenvalue weighted by Crippen LogP contribution is 1.94. The molecule has 0 unspecified atom stereocenters. The fourth-order valence-electron chi connectivity index (χ4n) is 0.927. The highest BCUT2D eigenvalue weighted by molar-refractivity contribution is 4.97. The van der Waals surface area contributed by atoms with Gasteiger partial charge >= 0.3 is 0 Å². The van der Waals surface area contributed by atoms with Crippen molar-refractivity contribution in [2.45, 2.75) is 38.9 Å². The molecule has 0 atom stereocenters. The number of allylic oxidation sites excluding steroid dienone is 5. The molecule has 0 fully saturated rings. The Bertz CT molecular complexity index is 190. The Morgan fingerprint density at radius 1 is 0.857 bits per heavy atom. The Balaban J connectivity index is 3.34. The van der Waals surface area contributed by atoms with Gasteiger partial charge in [0.25, 0.3) is 0 Å². The van der Waals surface area contributed by atoms with E-state index in [9.17, 15) is 0 Å². The molecule has 2 nitrogen and oxygen atoms in total. The van der Waals surface area contributed by atoms with Crippen LogP contribution in [0.5, 0.6) is 0 Å². The molecule has 0 bridgehead atoms. The van der Waals surface area contributed by atoms with Crippen molar-refractivity contribution in [2.75, 3.05) is 0 Å². The Hall–Kier alpha value is -0.860. The predicted octanol–water partition coefficient (Wildman–Crippen LogP) is 2.55. The van der Waals surface area contributed by atoms with Gasteiger partial charge in [0.2, 0.25) is 0 Å². The SMILES string of the molecule is CCC=CCC=CCC=CCC(O)O. The summed E-state index contributed by atoms with van der Waals surface area (Å²) in [6, 6.07) is 0. The Kier molecular flexibility index (Phi) is 9.59. The van der Waals surface area contributed by atoms with E-state index in [0.29, 0.717) is 6.42 Å². The molecule has 0 aliphatic rings. The van der Waals surface area contributed by atoms with Gasteiger partial charge in [-0.3, -0.25) is 0 Å². The smallest absolute Gasteiger partial charge is 0.154 e. The molecule has 0 saturated heterocycles. The van der Waals surface area contributed by atoms with Gasteiger partial charge < -0.3 is 10.2 Å². The molecule has 0 amide bonds. The standard InChI is InChI=1S/C12H20O2/c1-2-3-4-5-6-7-8-9-10-11-12(13)14/h3-4,6-7,9-10,12-14H,2,5,8,11H2,1H3. The van der Waals surface area contributed by atoms with Crippen LogP contribution in [0.4, 0.5) is 0 Å². The predicted molar refractivity (Wildman–Crippen MR) is 59.8 cm³/mol. The van der Waals surface area contributed by atoms with Gasteiger partial charge in [-0.1, -0.05) is 43.4 Å². The summed E-state index contributed by atoms with van der Waals surface area (Å²) in [7, 11) is 0. The molecule has 0 rings (SSSR count). The first-order chi connectivity index (χ1) is 6.77. The molecular weight excluding hydrogens is 176 g/mol. The summed E-state index contributed by atoms with van der Waals surface area (Å²) in [5.41, 5.74) is 0. The maximum atomic E-state index is 8.53. The van der Waals surface area contributed by atoms with Crippen LogP contribution in [0, 0.1) is 0 Å². The lowest BCUT2D eigenvalue weighted by Crippen LogP contribution is -2.00. The monoisotopic (exact) mass is 196 g/mol. The highest BCUT2D eigenvalue weighted by Gasteiger charge is 1.88. The summed E-state index contributed by atoms with van der Waals surface area (Å²) < 4.78 is 0. The fraction of sp³-hybridized carbons (Fsp3) is 0.500. The second-order valence-corrected chi connectivity index (χ2v) is 3.01. The average molecular weight is 196 g/mol. The van der Waals surface area contributed by atoms with E-state index in [4.69, 9.17) is 10.2 Å². The maximum Gasteiger partial charge on any atom is 0.154 e. The molecule has 14 heavy (non-hydrogen) atoms. The average Bonchev–Trinajstić information content (AvgIpc) is 2.15. The molecule has 0 heterocycles. The lowest BCUT2D eigenvalue weighted by Gasteiger charge is -1.94. The molecule has 0 aromatic carbocycles. The third-order valence-electron chi connectivity index (χ3n) is 1.63. The van der Waals surface area contributed by atoms with Crippen LogP contribution in [0.3, 0.4) is 0 Å². The summed E-state index contributed by atoms with van der Waals surface area (Å²) >= 11 is 0. The third kappa shape index (κ3) is 11.1. The van der Waals surface area contributed by atoms with E-state index in [2.05, 4.69) is 31.2 Å². The highest BCUT2D eigenvalue weighted by atomic mass is 16.5. The number of aliphatic hydroxyl groups excluding tert-OH is 1. The molecule has 2 N–H and O–H groups in total. The van der Waals surface area contributed by atoms with Crippen molar-refractivity contribution in [1.29, 1.82) is 0 Å². The van der Waals surface area contributed by atoms with Crippen molar-refractivity contribution in [2.24, 2.45) is 0 Å². The van der Waals surface area contributed by atoms with Gasteiger partial charge in [-0.2, -0.15) is 0 Å². The normalized spacial score (nSPS) is 12.9. The summed E-state index contributed by atoms with van der Waals surface area (Å²) in [5.74, 6) is 0.